The van der Waals surface area contributed by atoms with Crippen LogP contribution in [0.25, 0.3) is 11.1 Å². The van der Waals surface area contributed by atoms with Gasteiger partial charge in [-0.15, -0.1) is 0 Å². The lowest BCUT2D eigenvalue weighted by atomic mass is 10.0. The Kier molecular flexibility index (Phi) is 4.02. The van der Waals surface area contributed by atoms with Crippen LogP contribution in [0.2, 0.25) is 0 Å². The van der Waals surface area contributed by atoms with Gasteiger partial charge in [0.15, 0.2) is 0 Å². The molecule has 1 N–H and O–H groups in total. The molecule has 0 atom stereocenters. The molecule has 0 radical (unpaired) electrons. The first kappa shape index (κ1) is 13.8. The van der Waals surface area contributed by atoms with E-state index in [9.17, 15) is 4.79 Å². The molecule has 21 heavy (non-hydrogen) atoms. The van der Waals surface area contributed by atoms with E-state index in [-0.39, 0.29) is 5.91 Å². The van der Waals surface area contributed by atoms with E-state index in [2.05, 4.69) is 19.2 Å². The molecule has 0 unspecified atom stereocenters. The summed E-state index contributed by atoms with van der Waals surface area (Å²) >= 11 is 0. The van der Waals surface area contributed by atoms with E-state index in [0.29, 0.717) is 0 Å². The van der Waals surface area contributed by atoms with Crippen LogP contribution in [0, 0.1) is 0 Å². The second-order valence-corrected chi connectivity index (χ2v) is 5.69. The predicted molar refractivity (Wildman–Crippen MR) is 84.4 cm³/mol. The molecular formula is C18H21N2O+. The minimum absolute atomic E-state index is 0.155. The van der Waals surface area contributed by atoms with Crippen LogP contribution >= 0.6 is 0 Å². The number of carbonyl (C=O) groups excluding carboxylic acids is 1. The first-order chi connectivity index (χ1) is 10.2. The molecule has 3 heteroatoms. The zero-order valence-corrected chi connectivity index (χ0v) is 12.4. The Bertz CT molecular complexity index is 599. The molecule has 2 aromatic rings. The van der Waals surface area contributed by atoms with Crippen molar-refractivity contribution in [3.63, 3.8) is 0 Å². The van der Waals surface area contributed by atoms with Crippen molar-refractivity contribution >= 4 is 5.91 Å². The molecule has 108 valence electrons. The molecule has 2 aromatic carbocycles. The molecule has 1 heterocycles. The Morgan fingerprint density at radius 1 is 0.905 bits per heavy atom. The molecule has 0 spiro atoms. The molecular weight excluding hydrogens is 260 g/mol. The second-order valence-electron chi connectivity index (χ2n) is 5.69. The standard InChI is InChI=1S/C18H20N2O/c1-19-11-13-20(14-12-19)18(21)17-9-7-16(8-10-17)15-5-3-2-4-6-15/h2-10H,11-14H2,1H3/p+1. The third kappa shape index (κ3) is 3.14. The predicted octanol–water partition coefficient (Wildman–Crippen LogP) is 1.32. The maximum Gasteiger partial charge on any atom is 0.254 e. The molecule has 0 aliphatic carbocycles. The fourth-order valence-electron chi connectivity index (χ4n) is 2.71. The average molecular weight is 281 g/mol. The van der Waals surface area contributed by atoms with Crippen LogP contribution < -0.4 is 4.90 Å². The largest absolute Gasteiger partial charge is 0.334 e. The van der Waals surface area contributed by atoms with Crippen LogP contribution in [0.1, 0.15) is 10.4 Å². The van der Waals surface area contributed by atoms with Gasteiger partial charge in [0.05, 0.1) is 33.2 Å². The second kappa shape index (κ2) is 6.10. The Hall–Kier alpha value is -2.13. The maximum atomic E-state index is 12.5. The lowest BCUT2D eigenvalue weighted by Gasteiger charge is -2.30. The Morgan fingerprint density at radius 3 is 2.10 bits per heavy atom. The van der Waals surface area contributed by atoms with Crippen molar-refractivity contribution in [2.24, 2.45) is 0 Å². The highest BCUT2D eigenvalue weighted by atomic mass is 16.2. The van der Waals surface area contributed by atoms with Gasteiger partial charge < -0.3 is 9.80 Å². The summed E-state index contributed by atoms with van der Waals surface area (Å²) in [4.78, 5) is 15.9. The van der Waals surface area contributed by atoms with E-state index < -0.39 is 0 Å². The smallest absolute Gasteiger partial charge is 0.254 e. The monoisotopic (exact) mass is 281 g/mol. The fourth-order valence-corrected chi connectivity index (χ4v) is 2.71. The lowest BCUT2D eigenvalue weighted by molar-refractivity contribution is -0.883. The molecule has 0 aromatic heterocycles. The van der Waals surface area contributed by atoms with Crippen LogP contribution in [0.3, 0.4) is 0 Å². The number of rotatable bonds is 2. The van der Waals surface area contributed by atoms with Gasteiger partial charge in [-0.25, -0.2) is 0 Å². The van der Waals surface area contributed by atoms with E-state index in [1.165, 1.54) is 10.5 Å². The number of hydrogen-bond donors (Lipinski definition) is 1. The first-order valence-corrected chi connectivity index (χ1v) is 7.50. The zero-order valence-electron chi connectivity index (χ0n) is 12.4. The molecule has 1 aliphatic heterocycles. The van der Waals surface area contributed by atoms with Crippen LogP contribution in [0.15, 0.2) is 54.6 Å². The average Bonchev–Trinajstić information content (AvgIpc) is 2.56. The summed E-state index contributed by atoms with van der Waals surface area (Å²) in [5.74, 6) is 0.155. The summed E-state index contributed by atoms with van der Waals surface area (Å²) in [7, 11) is 2.18. The normalized spacial score (nSPS) is 16.0. The highest BCUT2D eigenvalue weighted by molar-refractivity contribution is 5.94. The van der Waals surface area contributed by atoms with Gasteiger partial charge in [0.1, 0.15) is 0 Å². The molecule has 0 saturated carbocycles. The third-order valence-electron chi connectivity index (χ3n) is 4.14. The van der Waals surface area contributed by atoms with Crippen LogP contribution in [-0.4, -0.2) is 44.0 Å². The number of benzene rings is 2. The number of likely N-dealkylation sites (N-methyl/N-ethyl adjacent to an activating group) is 1. The summed E-state index contributed by atoms with van der Waals surface area (Å²) in [5, 5.41) is 0. The minimum Gasteiger partial charge on any atom is -0.334 e. The van der Waals surface area contributed by atoms with E-state index in [4.69, 9.17) is 0 Å². The number of hydrogen-bond acceptors (Lipinski definition) is 1. The minimum atomic E-state index is 0.155. The number of carbonyl (C=O) groups is 1. The Balaban J connectivity index is 1.73. The lowest BCUT2D eigenvalue weighted by Crippen LogP contribution is -3.12. The number of quaternary nitrogens is 1. The van der Waals surface area contributed by atoms with Crippen LogP contribution in [-0.2, 0) is 0 Å². The summed E-state index contributed by atoms with van der Waals surface area (Å²) in [6.07, 6.45) is 0. The molecule has 3 rings (SSSR count). The van der Waals surface area contributed by atoms with Gasteiger partial charge in [0.25, 0.3) is 5.91 Å². The molecule has 1 aliphatic rings. The van der Waals surface area contributed by atoms with Gasteiger partial charge in [-0.05, 0) is 23.3 Å². The van der Waals surface area contributed by atoms with Crippen molar-refractivity contribution in [2.75, 3.05) is 33.2 Å². The summed E-state index contributed by atoms with van der Waals surface area (Å²) in [5.41, 5.74) is 3.11. The third-order valence-corrected chi connectivity index (χ3v) is 4.14. The summed E-state index contributed by atoms with van der Waals surface area (Å²) < 4.78 is 0. The topological polar surface area (TPSA) is 24.8 Å². The van der Waals surface area contributed by atoms with Gasteiger partial charge in [0, 0.05) is 5.56 Å². The maximum absolute atomic E-state index is 12.5. The molecule has 1 amide bonds. The van der Waals surface area contributed by atoms with E-state index in [1.54, 1.807) is 0 Å². The number of nitrogens with one attached hydrogen (secondary N) is 1. The van der Waals surface area contributed by atoms with Gasteiger partial charge in [-0.1, -0.05) is 42.5 Å². The summed E-state index contributed by atoms with van der Waals surface area (Å²) in [6.45, 7) is 3.78. The first-order valence-electron chi connectivity index (χ1n) is 7.50. The van der Waals surface area contributed by atoms with Crippen LogP contribution in [0.5, 0.6) is 0 Å². The van der Waals surface area contributed by atoms with E-state index in [1.807, 2.05) is 47.4 Å². The molecule has 3 nitrogen and oxygen atoms in total. The quantitative estimate of drug-likeness (QED) is 0.882. The van der Waals surface area contributed by atoms with Gasteiger partial charge in [-0.3, -0.25) is 4.79 Å². The highest BCUT2D eigenvalue weighted by Gasteiger charge is 2.22. The summed E-state index contributed by atoms with van der Waals surface area (Å²) in [6, 6.07) is 18.2. The Labute approximate surface area is 125 Å². The Morgan fingerprint density at radius 2 is 1.48 bits per heavy atom. The van der Waals surface area contributed by atoms with Gasteiger partial charge >= 0.3 is 0 Å². The van der Waals surface area contributed by atoms with E-state index in [0.717, 1.165) is 37.3 Å². The molecule has 0 bridgehead atoms. The van der Waals surface area contributed by atoms with Crippen LogP contribution in [0.4, 0.5) is 0 Å². The van der Waals surface area contributed by atoms with Gasteiger partial charge in [-0.2, -0.15) is 0 Å². The highest BCUT2D eigenvalue weighted by Crippen LogP contribution is 2.19. The van der Waals surface area contributed by atoms with Crippen molar-refractivity contribution in [1.29, 1.82) is 0 Å². The van der Waals surface area contributed by atoms with Crippen molar-refractivity contribution in [3.8, 4) is 11.1 Å². The SMILES string of the molecule is C[NH+]1CCN(C(=O)c2ccc(-c3ccccc3)cc2)CC1. The number of nitrogens with zero attached hydrogens (tertiary/aromatic N) is 1. The number of amides is 1. The van der Waals surface area contributed by atoms with Crippen molar-refractivity contribution < 1.29 is 9.69 Å². The molecule has 1 fully saturated rings. The fraction of sp³-hybridized carbons (Fsp3) is 0.278. The van der Waals surface area contributed by atoms with E-state index >= 15 is 0 Å². The van der Waals surface area contributed by atoms with Crippen molar-refractivity contribution in [2.45, 2.75) is 0 Å². The van der Waals surface area contributed by atoms with Crippen molar-refractivity contribution in [1.82, 2.24) is 4.90 Å². The van der Waals surface area contributed by atoms with Gasteiger partial charge in [0.2, 0.25) is 0 Å². The molecule has 1 saturated heterocycles. The zero-order chi connectivity index (χ0) is 14.7. The van der Waals surface area contributed by atoms with Crippen molar-refractivity contribution in [3.05, 3.63) is 60.2 Å². The number of piperazine rings is 1.